The SMILES string of the molecule is Cc1ccc(Br)cc1S(=O)(=O)N1CCC2(CCNC2)C1. The van der Waals surface area contributed by atoms with Crippen molar-refractivity contribution in [3.8, 4) is 0 Å². The summed E-state index contributed by atoms with van der Waals surface area (Å²) in [6.07, 6.45) is 2.04. The Kier molecular flexibility index (Phi) is 3.69. The van der Waals surface area contributed by atoms with E-state index < -0.39 is 10.0 Å². The molecule has 1 aromatic rings. The number of aryl methyl sites for hydroxylation is 1. The van der Waals surface area contributed by atoms with Crippen LogP contribution in [0.25, 0.3) is 0 Å². The Bertz CT molecular complexity index is 624. The lowest BCUT2D eigenvalue weighted by Crippen LogP contribution is -2.33. The molecule has 6 heteroatoms. The van der Waals surface area contributed by atoms with Crippen LogP contribution in [-0.2, 0) is 10.0 Å². The first-order valence-electron chi connectivity index (χ1n) is 6.90. The topological polar surface area (TPSA) is 49.4 Å². The van der Waals surface area contributed by atoms with Crippen LogP contribution < -0.4 is 5.32 Å². The molecule has 0 saturated carbocycles. The Labute approximate surface area is 128 Å². The van der Waals surface area contributed by atoms with Crippen molar-refractivity contribution in [3.63, 3.8) is 0 Å². The maximum atomic E-state index is 12.8. The first-order chi connectivity index (χ1) is 9.43. The fraction of sp³-hybridized carbons (Fsp3) is 0.571. The standard InChI is InChI=1S/C14H19BrN2O2S/c1-11-2-3-12(15)8-13(11)20(18,19)17-7-5-14(10-17)4-6-16-9-14/h2-3,8,16H,4-7,9-10H2,1H3. The van der Waals surface area contributed by atoms with Crippen molar-refractivity contribution >= 4 is 26.0 Å². The van der Waals surface area contributed by atoms with Crippen LogP contribution in [0.2, 0.25) is 0 Å². The van der Waals surface area contributed by atoms with Gasteiger partial charge in [0.05, 0.1) is 4.90 Å². The van der Waals surface area contributed by atoms with Crippen molar-refractivity contribution in [1.82, 2.24) is 9.62 Å². The van der Waals surface area contributed by atoms with Crippen LogP contribution in [0.1, 0.15) is 18.4 Å². The van der Waals surface area contributed by atoms with Gasteiger partial charge in [-0.1, -0.05) is 22.0 Å². The fourth-order valence-electron chi connectivity index (χ4n) is 3.23. The van der Waals surface area contributed by atoms with E-state index in [0.717, 1.165) is 36.0 Å². The smallest absolute Gasteiger partial charge is 0.243 e. The van der Waals surface area contributed by atoms with Gasteiger partial charge < -0.3 is 5.32 Å². The zero-order valence-corrected chi connectivity index (χ0v) is 13.9. The number of hydrogen-bond acceptors (Lipinski definition) is 3. The Balaban J connectivity index is 1.91. The molecule has 2 aliphatic rings. The van der Waals surface area contributed by atoms with Crippen LogP contribution >= 0.6 is 15.9 Å². The maximum absolute atomic E-state index is 12.8. The van der Waals surface area contributed by atoms with Gasteiger partial charge >= 0.3 is 0 Å². The Morgan fingerprint density at radius 2 is 2.15 bits per heavy atom. The van der Waals surface area contributed by atoms with Gasteiger partial charge in [-0.15, -0.1) is 0 Å². The molecule has 110 valence electrons. The van der Waals surface area contributed by atoms with Gasteiger partial charge in [0, 0.05) is 24.1 Å². The zero-order chi connectivity index (χ0) is 14.4. The summed E-state index contributed by atoms with van der Waals surface area (Å²) >= 11 is 3.36. The molecule has 2 saturated heterocycles. The molecule has 1 spiro atoms. The molecule has 1 aromatic carbocycles. The minimum absolute atomic E-state index is 0.160. The summed E-state index contributed by atoms with van der Waals surface area (Å²) in [5, 5.41) is 3.36. The van der Waals surface area contributed by atoms with E-state index in [4.69, 9.17) is 0 Å². The lowest BCUT2D eigenvalue weighted by atomic mass is 9.87. The van der Waals surface area contributed by atoms with Crippen LogP contribution in [0.4, 0.5) is 0 Å². The van der Waals surface area contributed by atoms with Crippen molar-refractivity contribution in [1.29, 1.82) is 0 Å². The lowest BCUT2D eigenvalue weighted by Gasteiger charge is -2.23. The Hall–Kier alpha value is -0.430. The average Bonchev–Trinajstić information content (AvgIpc) is 3.04. The summed E-state index contributed by atoms with van der Waals surface area (Å²) in [7, 11) is -3.38. The van der Waals surface area contributed by atoms with Gasteiger partial charge in [-0.05, 0) is 49.4 Å². The molecule has 3 rings (SSSR count). The third-order valence-electron chi connectivity index (χ3n) is 4.50. The van der Waals surface area contributed by atoms with Crippen molar-refractivity contribution in [2.24, 2.45) is 5.41 Å². The predicted octanol–water partition coefficient (Wildman–Crippen LogP) is 2.13. The lowest BCUT2D eigenvalue weighted by molar-refractivity contribution is 0.338. The van der Waals surface area contributed by atoms with Crippen LogP contribution in [0, 0.1) is 12.3 Å². The average molecular weight is 359 g/mol. The molecule has 2 heterocycles. The highest BCUT2D eigenvalue weighted by Gasteiger charge is 2.44. The highest BCUT2D eigenvalue weighted by Crippen LogP contribution is 2.39. The molecule has 1 atom stereocenters. The van der Waals surface area contributed by atoms with Gasteiger partial charge in [-0.2, -0.15) is 4.31 Å². The summed E-state index contributed by atoms with van der Waals surface area (Å²) < 4.78 is 28.1. The second kappa shape index (κ2) is 5.09. The minimum atomic E-state index is -3.38. The molecule has 2 fully saturated rings. The molecule has 0 radical (unpaired) electrons. The number of hydrogen-bond donors (Lipinski definition) is 1. The van der Waals surface area contributed by atoms with Crippen molar-refractivity contribution in [3.05, 3.63) is 28.2 Å². The van der Waals surface area contributed by atoms with Crippen LogP contribution in [0.5, 0.6) is 0 Å². The largest absolute Gasteiger partial charge is 0.316 e. The first kappa shape index (κ1) is 14.5. The Morgan fingerprint density at radius 3 is 2.85 bits per heavy atom. The van der Waals surface area contributed by atoms with E-state index in [1.807, 2.05) is 19.1 Å². The van der Waals surface area contributed by atoms with Gasteiger partial charge in [0.1, 0.15) is 0 Å². The third-order valence-corrected chi connectivity index (χ3v) is 6.98. The molecular weight excluding hydrogens is 340 g/mol. The number of nitrogens with one attached hydrogen (secondary N) is 1. The van der Waals surface area contributed by atoms with E-state index in [2.05, 4.69) is 21.2 Å². The van der Waals surface area contributed by atoms with E-state index in [9.17, 15) is 8.42 Å². The molecule has 0 aromatic heterocycles. The highest BCUT2D eigenvalue weighted by atomic mass is 79.9. The summed E-state index contributed by atoms with van der Waals surface area (Å²) in [5.74, 6) is 0. The van der Waals surface area contributed by atoms with Gasteiger partial charge in [0.25, 0.3) is 0 Å². The van der Waals surface area contributed by atoms with Gasteiger partial charge in [0.15, 0.2) is 0 Å². The third kappa shape index (κ3) is 2.43. The van der Waals surface area contributed by atoms with Crippen molar-refractivity contribution in [2.45, 2.75) is 24.7 Å². The predicted molar refractivity (Wildman–Crippen MR) is 82.2 cm³/mol. The van der Waals surface area contributed by atoms with E-state index in [-0.39, 0.29) is 5.41 Å². The first-order valence-corrected chi connectivity index (χ1v) is 9.13. The molecule has 0 aliphatic carbocycles. The second-order valence-electron chi connectivity index (χ2n) is 5.93. The minimum Gasteiger partial charge on any atom is -0.316 e. The molecule has 0 bridgehead atoms. The van der Waals surface area contributed by atoms with Crippen LogP contribution in [0.3, 0.4) is 0 Å². The molecular formula is C14H19BrN2O2S. The molecule has 20 heavy (non-hydrogen) atoms. The normalized spacial score (nSPS) is 27.5. The fourth-order valence-corrected chi connectivity index (χ4v) is 5.55. The van der Waals surface area contributed by atoms with E-state index >= 15 is 0 Å². The van der Waals surface area contributed by atoms with Gasteiger partial charge in [-0.3, -0.25) is 0 Å². The summed E-state index contributed by atoms with van der Waals surface area (Å²) in [4.78, 5) is 0.426. The quantitative estimate of drug-likeness (QED) is 0.880. The van der Waals surface area contributed by atoms with E-state index in [1.54, 1.807) is 10.4 Å². The van der Waals surface area contributed by atoms with E-state index in [1.165, 1.54) is 0 Å². The van der Waals surface area contributed by atoms with Gasteiger partial charge in [-0.25, -0.2) is 8.42 Å². The molecule has 2 aliphatic heterocycles. The summed E-state index contributed by atoms with van der Waals surface area (Å²) in [5.41, 5.74) is 0.964. The number of benzene rings is 1. The monoisotopic (exact) mass is 358 g/mol. The second-order valence-corrected chi connectivity index (χ2v) is 8.75. The van der Waals surface area contributed by atoms with Crippen LogP contribution in [0.15, 0.2) is 27.6 Å². The molecule has 1 N–H and O–H groups in total. The van der Waals surface area contributed by atoms with E-state index in [0.29, 0.717) is 18.0 Å². The maximum Gasteiger partial charge on any atom is 0.243 e. The molecule has 4 nitrogen and oxygen atoms in total. The van der Waals surface area contributed by atoms with Crippen molar-refractivity contribution in [2.75, 3.05) is 26.2 Å². The number of sulfonamides is 1. The highest BCUT2D eigenvalue weighted by molar-refractivity contribution is 9.10. The zero-order valence-electron chi connectivity index (χ0n) is 11.5. The molecule has 0 amide bonds. The number of halogens is 1. The van der Waals surface area contributed by atoms with Crippen LogP contribution in [-0.4, -0.2) is 38.9 Å². The molecule has 1 unspecified atom stereocenters. The number of nitrogens with zero attached hydrogens (tertiary/aromatic N) is 1. The summed E-state index contributed by atoms with van der Waals surface area (Å²) in [6, 6.07) is 5.43. The summed E-state index contributed by atoms with van der Waals surface area (Å²) in [6.45, 7) is 5.08. The Morgan fingerprint density at radius 1 is 1.35 bits per heavy atom. The van der Waals surface area contributed by atoms with Gasteiger partial charge in [0.2, 0.25) is 10.0 Å². The number of rotatable bonds is 2. The van der Waals surface area contributed by atoms with Crippen molar-refractivity contribution < 1.29 is 8.42 Å².